The summed E-state index contributed by atoms with van der Waals surface area (Å²) in [5.74, 6) is 0.611. The molecule has 1 fully saturated rings. The molecule has 0 aliphatic heterocycles. The first-order chi connectivity index (χ1) is 14.5. The maximum absolute atomic E-state index is 11.9. The molecule has 0 spiro atoms. The fourth-order valence-electron chi connectivity index (χ4n) is 4.58. The highest BCUT2D eigenvalue weighted by Crippen LogP contribution is 2.45. The molecule has 7 heteroatoms. The molecule has 1 atom stereocenters. The van der Waals surface area contributed by atoms with Crippen LogP contribution in [0.4, 0.5) is 4.79 Å². The van der Waals surface area contributed by atoms with Crippen LogP contribution in [0.5, 0.6) is 0 Å². The lowest BCUT2D eigenvalue weighted by Gasteiger charge is -2.43. The molecule has 158 valence electrons. The molecule has 3 aromatic rings. The Balaban J connectivity index is 1.79. The summed E-state index contributed by atoms with van der Waals surface area (Å²) in [5.41, 5.74) is 8.40. The molecule has 1 aliphatic rings. The van der Waals surface area contributed by atoms with E-state index in [9.17, 15) is 9.90 Å². The standard InChI is InChI=1S/C23H28N4O3/c1-16-7-9-23(10-8-16,19-14-27-21(26-19)12-18(15-28)13-25-27)20(30-22(24)29)11-17-5-3-2-4-6-17/h2-6,12-14,16,20,28H,7-11,15H2,1H3,(H2,24,29). The number of aliphatic hydroxyl groups excluding tert-OH is 1. The van der Waals surface area contributed by atoms with E-state index in [4.69, 9.17) is 15.5 Å². The van der Waals surface area contributed by atoms with Gasteiger partial charge in [-0.3, -0.25) is 0 Å². The number of benzene rings is 1. The highest BCUT2D eigenvalue weighted by molar-refractivity contribution is 5.65. The number of nitrogens with zero attached hydrogens (tertiary/aromatic N) is 3. The molecule has 1 saturated carbocycles. The van der Waals surface area contributed by atoms with E-state index in [1.807, 2.05) is 42.6 Å². The van der Waals surface area contributed by atoms with E-state index >= 15 is 0 Å². The number of ether oxygens (including phenoxy) is 1. The molecule has 0 bridgehead atoms. The molecular weight excluding hydrogens is 380 g/mol. The molecule has 0 saturated heterocycles. The normalized spacial score (nSPS) is 22.7. The maximum atomic E-state index is 11.9. The minimum atomic E-state index is -0.765. The Hall–Kier alpha value is -2.93. The molecule has 4 rings (SSSR count). The predicted molar refractivity (Wildman–Crippen MR) is 113 cm³/mol. The summed E-state index contributed by atoms with van der Waals surface area (Å²) in [6.45, 7) is 2.17. The molecule has 0 radical (unpaired) electrons. The van der Waals surface area contributed by atoms with E-state index in [0.717, 1.165) is 36.9 Å². The number of carbonyl (C=O) groups excluding carboxylic acids is 1. The smallest absolute Gasteiger partial charge is 0.404 e. The third kappa shape index (κ3) is 4.03. The van der Waals surface area contributed by atoms with Gasteiger partial charge in [0.25, 0.3) is 0 Å². The van der Waals surface area contributed by atoms with Gasteiger partial charge >= 0.3 is 6.09 Å². The van der Waals surface area contributed by atoms with Crippen LogP contribution in [0.1, 0.15) is 49.4 Å². The number of amides is 1. The number of primary amides is 1. The van der Waals surface area contributed by atoms with Crippen LogP contribution in [-0.4, -0.2) is 31.9 Å². The van der Waals surface area contributed by atoms with Crippen molar-refractivity contribution in [2.75, 3.05) is 0 Å². The van der Waals surface area contributed by atoms with E-state index in [1.54, 1.807) is 10.7 Å². The summed E-state index contributed by atoms with van der Waals surface area (Å²) >= 11 is 0. The monoisotopic (exact) mass is 408 g/mol. The number of aliphatic hydroxyl groups is 1. The second-order valence-electron chi connectivity index (χ2n) is 8.40. The number of hydrogen-bond donors (Lipinski definition) is 2. The Morgan fingerprint density at radius 1 is 1.30 bits per heavy atom. The van der Waals surface area contributed by atoms with Gasteiger partial charge in [-0.1, -0.05) is 37.3 Å². The van der Waals surface area contributed by atoms with Crippen LogP contribution < -0.4 is 5.73 Å². The SMILES string of the molecule is CC1CCC(c2cn3ncc(CO)cc3n2)(C(Cc2ccccc2)OC(N)=O)CC1. The summed E-state index contributed by atoms with van der Waals surface area (Å²) < 4.78 is 7.48. The number of carbonyl (C=O) groups is 1. The molecule has 1 amide bonds. The van der Waals surface area contributed by atoms with Crippen LogP contribution in [0.2, 0.25) is 0 Å². The van der Waals surface area contributed by atoms with Crippen molar-refractivity contribution in [3.05, 3.63) is 65.6 Å². The van der Waals surface area contributed by atoms with Crippen molar-refractivity contribution >= 4 is 11.7 Å². The van der Waals surface area contributed by atoms with Gasteiger partial charge in [0, 0.05) is 12.0 Å². The number of aromatic nitrogens is 3. The van der Waals surface area contributed by atoms with Crippen LogP contribution >= 0.6 is 0 Å². The van der Waals surface area contributed by atoms with Gasteiger partial charge in [-0.25, -0.2) is 14.3 Å². The summed E-state index contributed by atoms with van der Waals surface area (Å²) in [7, 11) is 0. The van der Waals surface area contributed by atoms with Crippen molar-refractivity contribution in [3.8, 4) is 0 Å². The molecular formula is C23H28N4O3. The fourth-order valence-corrected chi connectivity index (χ4v) is 4.58. The summed E-state index contributed by atoms with van der Waals surface area (Å²) in [6, 6.07) is 11.8. The van der Waals surface area contributed by atoms with E-state index in [2.05, 4.69) is 12.0 Å². The van der Waals surface area contributed by atoms with Gasteiger partial charge in [0.1, 0.15) is 6.10 Å². The van der Waals surface area contributed by atoms with Crippen LogP contribution in [0.3, 0.4) is 0 Å². The van der Waals surface area contributed by atoms with Crippen molar-refractivity contribution in [2.24, 2.45) is 11.7 Å². The first-order valence-corrected chi connectivity index (χ1v) is 10.5. The largest absolute Gasteiger partial charge is 0.445 e. The van der Waals surface area contributed by atoms with Crippen molar-refractivity contribution in [1.29, 1.82) is 0 Å². The van der Waals surface area contributed by atoms with Crippen LogP contribution in [0.15, 0.2) is 48.8 Å². The predicted octanol–water partition coefficient (Wildman–Crippen LogP) is 3.38. The molecule has 30 heavy (non-hydrogen) atoms. The number of rotatable bonds is 6. The zero-order valence-corrected chi connectivity index (χ0v) is 17.2. The second-order valence-corrected chi connectivity index (χ2v) is 8.40. The van der Waals surface area contributed by atoms with Crippen molar-refractivity contribution < 1.29 is 14.6 Å². The first-order valence-electron chi connectivity index (χ1n) is 10.5. The topological polar surface area (TPSA) is 103 Å². The minimum absolute atomic E-state index is 0.0875. The van der Waals surface area contributed by atoms with Crippen molar-refractivity contribution in [1.82, 2.24) is 14.6 Å². The van der Waals surface area contributed by atoms with Gasteiger partial charge < -0.3 is 15.6 Å². The third-order valence-electron chi connectivity index (χ3n) is 6.37. The van der Waals surface area contributed by atoms with Gasteiger partial charge in [0.05, 0.1) is 30.1 Å². The molecule has 3 N–H and O–H groups in total. The lowest BCUT2D eigenvalue weighted by atomic mass is 9.64. The quantitative estimate of drug-likeness (QED) is 0.651. The molecule has 2 aromatic heterocycles. The van der Waals surface area contributed by atoms with Gasteiger partial charge in [0.15, 0.2) is 5.65 Å². The van der Waals surface area contributed by atoms with E-state index < -0.39 is 17.6 Å². The Morgan fingerprint density at radius 2 is 2.03 bits per heavy atom. The highest BCUT2D eigenvalue weighted by atomic mass is 16.6. The molecule has 1 unspecified atom stereocenters. The number of hydrogen-bond acceptors (Lipinski definition) is 5. The lowest BCUT2D eigenvalue weighted by Crippen LogP contribution is -2.47. The fraction of sp³-hybridized carbons (Fsp3) is 0.435. The maximum Gasteiger partial charge on any atom is 0.404 e. The Kier molecular flexibility index (Phi) is 5.72. The Labute approximate surface area is 175 Å². The Bertz CT molecular complexity index is 1010. The van der Waals surface area contributed by atoms with Gasteiger partial charge in [-0.05, 0) is 43.2 Å². The zero-order valence-electron chi connectivity index (χ0n) is 17.2. The van der Waals surface area contributed by atoms with Crippen LogP contribution in [0, 0.1) is 5.92 Å². The molecule has 2 heterocycles. The highest BCUT2D eigenvalue weighted by Gasteiger charge is 2.46. The number of fused-ring (bicyclic) bond motifs is 1. The van der Waals surface area contributed by atoms with Gasteiger partial charge in [-0.2, -0.15) is 5.10 Å². The van der Waals surface area contributed by atoms with E-state index in [-0.39, 0.29) is 6.61 Å². The van der Waals surface area contributed by atoms with Gasteiger partial charge in [-0.15, -0.1) is 0 Å². The third-order valence-corrected chi connectivity index (χ3v) is 6.37. The summed E-state index contributed by atoms with van der Waals surface area (Å²) in [5, 5.41) is 13.8. The average Bonchev–Trinajstić information content (AvgIpc) is 3.18. The van der Waals surface area contributed by atoms with Gasteiger partial charge in [0.2, 0.25) is 0 Å². The summed E-state index contributed by atoms with van der Waals surface area (Å²) in [4.78, 5) is 16.7. The van der Waals surface area contributed by atoms with Crippen LogP contribution in [0.25, 0.3) is 5.65 Å². The van der Waals surface area contributed by atoms with Crippen molar-refractivity contribution in [3.63, 3.8) is 0 Å². The number of nitrogens with two attached hydrogens (primary N) is 1. The Morgan fingerprint density at radius 3 is 2.70 bits per heavy atom. The summed E-state index contributed by atoms with van der Waals surface area (Å²) in [6.07, 6.45) is 6.70. The van der Waals surface area contributed by atoms with Crippen molar-refractivity contribution in [2.45, 2.75) is 57.2 Å². The number of imidazole rings is 1. The second kappa shape index (κ2) is 8.44. The minimum Gasteiger partial charge on any atom is -0.445 e. The molecule has 7 nitrogen and oxygen atoms in total. The zero-order chi connectivity index (χ0) is 21.1. The first kappa shape index (κ1) is 20.3. The average molecular weight is 409 g/mol. The van der Waals surface area contributed by atoms with E-state index in [1.165, 1.54) is 0 Å². The molecule has 1 aromatic carbocycles. The van der Waals surface area contributed by atoms with Crippen LogP contribution in [-0.2, 0) is 23.2 Å². The lowest BCUT2D eigenvalue weighted by molar-refractivity contribution is 0.0238. The van der Waals surface area contributed by atoms with E-state index in [0.29, 0.717) is 23.5 Å². The molecule has 1 aliphatic carbocycles.